The molecule has 3 aromatic carbocycles. The van der Waals surface area contributed by atoms with Crippen molar-refractivity contribution in [2.24, 2.45) is 10.9 Å². The molecule has 1 aromatic heterocycles. The zero-order chi connectivity index (χ0) is 30.5. The monoisotopic (exact) mass is 610 g/mol. The Labute approximate surface area is 259 Å². The highest BCUT2D eigenvalue weighted by molar-refractivity contribution is 8.18. The molecular formula is C34H31FN4O4S. The summed E-state index contributed by atoms with van der Waals surface area (Å²) in [4.78, 5) is 32.2. The number of aromatic nitrogens is 2. The van der Waals surface area contributed by atoms with Crippen molar-refractivity contribution in [3.63, 3.8) is 0 Å². The molecule has 1 saturated heterocycles. The summed E-state index contributed by atoms with van der Waals surface area (Å²) in [6.07, 6.45) is 5.30. The highest BCUT2D eigenvalue weighted by Gasteiger charge is 2.33. The number of hydrogen-bond acceptors (Lipinski definition) is 7. The van der Waals surface area contributed by atoms with Crippen LogP contribution in [0.2, 0.25) is 0 Å². The first-order valence-electron chi connectivity index (χ1n) is 14.5. The molecule has 0 bridgehead atoms. The average Bonchev–Trinajstić information content (AvgIpc) is 3.65. The summed E-state index contributed by atoms with van der Waals surface area (Å²) in [7, 11) is 0. The number of ether oxygens (including phenoxy) is 2. The van der Waals surface area contributed by atoms with Gasteiger partial charge in [0.25, 0.3) is 5.91 Å². The van der Waals surface area contributed by atoms with Crippen molar-refractivity contribution in [2.75, 3.05) is 19.7 Å². The Bertz CT molecular complexity index is 1720. The number of rotatable bonds is 8. The van der Waals surface area contributed by atoms with Gasteiger partial charge in [0, 0.05) is 36.0 Å². The minimum Gasteiger partial charge on any atom is -0.489 e. The van der Waals surface area contributed by atoms with Crippen LogP contribution in [0.5, 0.6) is 5.75 Å². The average molecular weight is 611 g/mol. The number of benzene rings is 3. The molecule has 6 rings (SSSR count). The maximum atomic E-state index is 14.0. The van der Waals surface area contributed by atoms with Crippen LogP contribution in [0.1, 0.15) is 30.9 Å². The fourth-order valence-electron chi connectivity index (χ4n) is 5.19. The van der Waals surface area contributed by atoms with E-state index >= 15 is 0 Å². The summed E-state index contributed by atoms with van der Waals surface area (Å²) >= 11 is 1.31. The number of hydrogen-bond donors (Lipinski definition) is 0. The number of carbonyl (C=O) groups excluding carboxylic acids is 2. The normalized spacial score (nSPS) is 17.5. The van der Waals surface area contributed by atoms with E-state index in [1.54, 1.807) is 29.8 Å². The summed E-state index contributed by atoms with van der Waals surface area (Å²) in [6.45, 7) is 3.47. The number of amidine groups is 1. The van der Waals surface area contributed by atoms with Crippen LogP contribution in [-0.2, 0) is 20.9 Å². The predicted molar refractivity (Wildman–Crippen MR) is 169 cm³/mol. The molecule has 0 N–H and O–H groups in total. The maximum absolute atomic E-state index is 14.0. The molecule has 2 aliphatic rings. The fraction of sp³-hybridized carbons (Fsp3) is 0.235. The zero-order valence-corrected chi connectivity index (χ0v) is 25.0. The Morgan fingerprint density at radius 1 is 1.07 bits per heavy atom. The largest absolute Gasteiger partial charge is 0.489 e. The summed E-state index contributed by atoms with van der Waals surface area (Å²) in [5, 5.41) is 5.47. The Morgan fingerprint density at radius 2 is 1.84 bits per heavy atom. The second kappa shape index (κ2) is 13.3. The first kappa shape index (κ1) is 29.4. The summed E-state index contributed by atoms with van der Waals surface area (Å²) < 4.78 is 26.8. The molecule has 0 spiro atoms. The minimum absolute atomic E-state index is 0.116. The van der Waals surface area contributed by atoms with Crippen LogP contribution in [0.4, 0.5) is 4.39 Å². The molecule has 8 nitrogen and oxygen atoms in total. The second-order valence-electron chi connectivity index (χ2n) is 10.5. The van der Waals surface area contributed by atoms with Crippen LogP contribution in [0.15, 0.2) is 95.0 Å². The molecule has 0 radical (unpaired) electrons. The van der Waals surface area contributed by atoms with Gasteiger partial charge >= 0.3 is 5.97 Å². The lowest BCUT2D eigenvalue weighted by atomic mass is 9.99. The summed E-state index contributed by atoms with van der Waals surface area (Å²) in [5.41, 5.74) is 3.63. The molecule has 1 amide bonds. The Kier molecular flexibility index (Phi) is 8.88. The molecule has 10 heteroatoms. The Hall–Kier alpha value is -4.70. The number of esters is 1. The summed E-state index contributed by atoms with van der Waals surface area (Å²) in [6, 6.07) is 23.7. The third kappa shape index (κ3) is 6.60. The van der Waals surface area contributed by atoms with Crippen molar-refractivity contribution in [3.05, 3.63) is 107 Å². The van der Waals surface area contributed by atoms with Gasteiger partial charge in [-0.1, -0.05) is 36.4 Å². The van der Waals surface area contributed by atoms with Crippen LogP contribution >= 0.6 is 11.8 Å². The number of para-hydroxylation sites is 1. The molecule has 2 aliphatic heterocycles. The van der Waals surface area contributed by atoms with E-state index in [1.807, 2.05) is 71.8 Å². The summed E-state index contributed by atoms with van der Waals surface area (Å²) in [5.74, 6) is -0.465. The van der Waals surface area contributed by atoms with Gasteiger partial charge in [-0.25, -0.2) is 9.07 Å². The van der Waals surface area contributed by atoms with Crippen molar-refractivity contribution in [3.8, 4) is 22.7 Å². The quantitative estimate of drug-likeness (QED) is 0.166. The second-order valence-corrected chi connectivity index (χ2v) is 11.5. The van der Waals surface area contributed by atoms with Gasteiger partial charge < -0.3 is 14.4 Å². The molecule has 4 aromatic rings. The smallest absolute Gasteiger partial charge is 0.310 e. The van der Waals surface area contributed by atoms with Crippen LogP contribution < -0.4 is 4.74 Å². The molecule has 1 atom stereocenters. The third-order valence-electron chi connectivity index (χ3n) is 7.45. The lowest BCUT2D eigenvalue weighted by Gasteiger charge is -2.32. The van der Waals surface area contributed by atoms with E-state index in [4.69, 9.17) is 14.6 Å². The van der Waals surface area contributed by atoms with E-state index < -0.39 is 0 Å². The molecule has 1 fully saturated rings. The van der Waals surface area contributed by atoms with Crippen LogP contribution in [0.25, 0.3) is 23.0 Å². The topological polar surface area (TPSA) is 86.0 Å². The lowest BCUT2D eigenvalue weighted by Crippen LogP contribution is -2.41. The van der Waals surface area contributed by atoms with Crippen molar-refractivity contribution in [2.45, 2.75) is 26.4 Å². The zero-order valence-electron chi connectivity index (χ0n) is 24.2. The molecular weight excluding hydrogens is 579 g/mol. The standard InChI is InChI=1S/C34H31FN4O4S/c1-2-42-33(41)24-10-8-18-38(20-24)34-36-32(40)30(44-34)19-26-21-39(27-11-4-3-5-12-27)37-31(26)23-14-16-28(17-15-23)43-22-25-9-6-7-13-29(25)35/h3-7,9,11-17,19,21,24H,2,8,10,18,20,22H2,1H3/b30-19-. The van der Waals surface area contributed by atoms with E-state index in [0.29, 0.717) is 40.2 Å². The van der Waals surface area contributed by atoms with Crippen molar-refractivity contribution in [1.82, 2.24) is 14.7 Å². The minimum atomic E-state index is -0.321. The van der Waals surface area contributed by atoms with Gasteiger partial charge in [-0.3, -0.25) is 9.59 Å². The highest BCUT2D eigenvalue weighted by Crippen LogP contribution is 2.35. The van der Waals surface area contributed by atoms with Crippen molar-refractivity contribution >= 4 is 34.9 Å². The Balaban J connectivity index is 1.24. The number of piperidine rings is 1. The van der Waals surface area contributed by atoms with E-state index in [-0.39, 0.29) is 30.2 Å². The first-order chi connectivity index (χ1) is 21.5. The number of halogens is 1. The Morgan fingerprint density at radius 3 is 2.61 bits per heavy atom. The number of aliphatic imine (C=N–C) groups is 1. The number of carbonyl (C=O) groups is 2. The number of nitrogens with zero attached hydrogens (tertiary/aromatic N) is 4. The van der Waals surface area contributed by atoms with E-state index in [9.17, 15) is 14.0 Å². The van der Waals surface area contributed by atoms with E-state index in [2.05, 4.69) is 4.99 Å². The molecule has 3 heterocycles. The number of thioether (sulfide) groups is 1. The maximum Gasteiger partial charge on any atom is 0.310 e. The van der Waals surface area contributed by atoms with Gasteiger partial charge in [0.15, 0.2) is 5.17 Å². The predicted octanol–water partition coefficient (Wildman–Crippen LogP) is 6.50. The molecule has 224 valence electrons. The fourth-order valence-corrected chi connectivity index (χ4v) is 6.13. The number of likely N-dealkylation sites (tertiary alicyclic amines) is 1. The van der Waals surface area contributed by atoms with Crippen LogP contribution in [0, 0.1) is 11.7 Å². The van der Waals surface area contributed by atoms with Crippen molar-refractivity contribution < 1.29 is 23.5 Å². The molecule has 44 heavy (non-hydrogen) atoms. The van der Waals surface area contributed by atoms with Gasteiger partial charge in [0.1, 0.15) is 18.2 Å². The van der Waals surface area contributed by atoms with Crippen molar-refractivity contribution in [1.29, 1.82) is 0 Å². The lowest BCUT2D eigenvalue weighted by molar-refractivity contribution is -0.149. The van der Waals surface area contributed by atoms with Gasteiger partial charge in [-0.05, 0) is 80.1 Å². The molecule has 1 unspecified atom stereocenters. The van der Waals surface area contributed by atoms with E-state index in [1.165, 1.54) is 17.8 Å². The van der Waals surface area contributed by atoms with Gasteiger partial charge in [0.05, 0.1) is 28.8 Å². The highest BCUT2D eigenvalue weighted by atomic mass is 32.2. The molecule has 0 aliphatic carbocycles. The van der Waals surface area contributed by atoms with Gasteiger partial charge in [-0.15, -0.1) is 0 Å². The van der Waals surface area contributed by atoms with E-state index in [0.717, 1.165) is 36.2 Å². The van der Waals surface area contributed by atoms with Gasteiger partial charge in [0.2, 0.25) is 0 Å². The van der Waals surface area contributed by atoms with Crippen LogP contribution in [-0.4, -0.2) is 51.4 Å². The first-order valence-corrected chi connectivity index (χ1v) is 15.4. The number of amides is 1. The molecule has 0 saturated carbocycles. The van der Waals surface area contributed by atoms with Gasteiger partial charge in [-0.2, -0.15) is 10.1 Å². The SMILES string of the molecule is CCOC(=O)C1CCCN(C2=NC(=O)/C(=C/c3cn(-c4ccccc4)nc3-c3ccc(OCc4ccccc4F)cc3)S2)C1. The third-order valence-corrected chi connectivity index (χ3v) is 8.50. The van der Waals surface area contributed by atoms with Crippen LogP contribution in [0.3, 0.4) is 0 Å².